The molecular weight excluding hydrogens is 517 g/mol. The number of carbonyl (C=O) groups excluding carboxylic acids is 2. The first-order chi connectivity index (χ1) is 14.5. The molecule has 162 valence electrons. The molecule has 5 nitrogen and oxygen atoms in total. The fourth-order valence-electron chi connectivity index (χ4n) is 3.75. The summed E-state index contributed by atoms with van der Waals surface area (Å²) in [6.07, 6.45) is 10.5. The number of carbonyl (C=O) groups is 2. The van der Waals surface area contributed by atoms with Crippen LogP contribution in [0.25, 0.3) is 0 Å². The second-order valence-corrected chi connectivity index (χ2v) is 9.24. The van der Waals surface area contributed by atoms with Gasteiger partial charge in [-0.2, -0.15) is 0 Å². The Hall–Kier alpha value is -1.38. The van der Waals surface area contributed by atoms with Crippen LogP contribution >= 0.6 is 34.2 Å². The second-order valence-electron chi connectivity index (χ2n) is 7.60. The smallest absolute Gasteiger partial charge is 0.310 e. The molecular formula is C23H27ClINO4. The van der Waals surface area contributed by atoms with Crippen molar-refractivity contribution in [2.24, 2.45) is 11.8 Å². The number of para-hydroxylation sites is 1. The van der Waals surface area contributed by atoms with E-state index >= 15 is 0 Å². The minimum atomic E-state index is -0.307. The van der Waals surface area contributed by atoms with Crippen LogP contribution in [0.4, 0.5) is 5.69 Å². The molecule has 0 spiro atoms. The van der Waals surface area contributed by atoms with Gasteiger partial charge in [0.05, 0.1) is 25.7 Å². The van der Waals surface area contributed by atoms with Crippen LogP contribution in [0.15, 0.2) is 47.5 Å². The summed E-state index contributed by atoms with van der Waals surface area (Å²) in [5.74, 6) is 0.710. The lowest BCUT2D eigenvalue weighted by molar-refractivity contribution is -0.144. The van der Waals surface area contributed by atoms with Gasteiger partial charge in [-0.3, -0.25) is 9.59 Å². The standard InChI is InChI=1S/C23H27ClINO4/c24-19-9-4-8-18(16-6-3-7-16)23(19)26-20-10-2-1-5-17(20)15-22(28)30-14-13-29-12-11-21(25)27/h1-2,4-5,8-10,16,18,23,26H,3,6-7,11-15H2. The number of benzene rings is 1. The molecule has 2 atom stereocenters. The van der Waals surface area contributed by atoms with E-state index in [1.807, 2.05) is 36.4 Å². The zero-order chi connectivity index (χ0) is 21.3. The van der Waals surface area contributed by atoms with E-state index in [9.17, 15) is 9.59 Å². The molecule has 0 radical (unpaired) electrons. The Morgan fingerprint density at radius 1 is 1.17 bits per heavy atom. The Labute approximate surface area is 196 Å². The van der Waals surface area contributed by atoms with E-state index in [2.05, 4.69) is 11.4 Å². The number of hydrogen-bond acceptors (Lipinski definition) is 5. The molecule has 7 heteroatoms. The molecule has 0 amide bonds. The third-order valence-electron chi connectivity index (χ3n) is 5.56. The number of rotatable bonds is 11. The molecule has 1 fully saturated rings. The second kappa shape index (κ2) is 11.9. The lowest BCUT2D eigenvalue weighted by Gasteiger charge is -2.39. The van der Waals surface area contributed by atoms with Crippen LogP contribution in [-0.4, -0.2) is 35.6 Å². The van der Waals surface area contributed by atoms with Gasteiger partial charge in [0.1, 0.15) is 6.61 Å². The maximum Gasteiger partial charge on any atom is 0.310 e. The quantitative estimate of drug-likeness (QED) is 0.184. The topological polar surface area (TPSA) is 64.6 Å². The van der Waals surface area contributed by atoms with Gasteiger partial charge in [0.2, 0.25) is 0 Å². The Kier molecular flexibility index (Phi) is 9.21. The van der Waals surface area contributed by atoms with E-state index in [0.717, 1.165) is 16.3 Å². The Balaban J connectivity index is 1.54. The molecule has 0 bridgehead atoms. The molecule has 30 heavy (non-hydrogen) atoms. The van der Waals surface area contributed by atoms with Crippen LogP contribution in [0.3, 0.4) is 0 Å². The van der Waals surface area contributed by atoms with E-state index < -0.39 is 0 Å². The van der Waals surface area contributed by atoms with Crippen LogP contribution in [0.2, 0.25) is 0 Å². The van der Waals surface area contributed by atoms with Crippen LogP contribution in [0, 0.1) is 11.8 Å². The maximum atomic E-state index is 12.3. The molecule has 1 aromatic rings. The average molecular weight is 544 g/mol. The number of ether oxygens (including phenoxy) is 2. The molecule has 2 aliphatic rings. The van der Waals surface area contributed by atoms with Crippen molar-refractivity contribution in [3.8, 4) is 0 Å². The van der Waals surface area contributed by atoms with E-state index in [-0.39, 0.29) is 35.4 Å². The van der Waals surface area contributed by atoms with Gasteiger partial charge in [-0.15, -0.1) is 0 Å². The number of halogens is 2. The summed E-state index contributed by atoms with van der Waals surface area (Å²) in [5, 5.41) is 4.38. The highest BCUT2D eigenvalue weighted by atomic mass is 127. The van der Waals surface area contributed by atoms with E-state index in [1.165, 1.54) is 19.3 Å². The Morgan fingerprint density at radius 3 is 2.70 bits per heavy atom. The highest BCUT2D eigenvalue weighted by Crippen LogP contribution is 2.41. The molecule has 1 N–H and O–H groups in total. The fraction of sp³-hybridized carbons (Fsp3) is 0.478. The summed E-state index contributed by atoms with van der Waals surface area (Å²) in [5.41, 5.74) is 1.78. The molecule has 1 saturated carbocycles. The van der Waals surface area contributed by atoms with Crippen molar-refractivity contribution < 1.29 is 19.1 Å². The first-order valence-corrected chi connectivity index (χ1v) is 11.8. The van der Waals surface area contributed by atoms with Crippen molar-refractivity contribution in [3.63, 3.8) is 0 Å². The minimum Gasteiger partial charge on any atom is -0.463 e. The molecule has 0 saturated heterocycles. The Morgan fingerprint density at radius 2 is 1.97 bits per heavy atom. The molecule has 3 rings (SSSR count). The molecule has 2 aliphatic carbocycles. The summed E-state index contributed by atoms with van der Waals surface area (Å²) in [7, 11) is 0. The molecule has 0 heterocycles. The van der Waals surface area contributed by atoms with Gasteiger partial charge in [0, 0.05) is 23.1 Å². The molecule has 1 aromatic carbocycles. The minimum absolute atomic E-state index is 0.0214. The van der Waals surface area contributed by atoms with Gasteiger partial charge >= 0.3 is 5.97 Å². The number of hydrogen-bond donors (Lipinski definition) is 1. The van der Waals surface area contributed by atoms with Gasteiger partial charge in [-0.05, 0) is 59.1 Å². The van der Waals surface area contributed by atoms with Crippen LogP contribution in [0.5, 0.6) is 0 Å². The fourth-order valence-corrected chi connectivity index (χ4v) is 4.24. The first-order valence-electron chi connectivity index (χ1n) is 10.3. The predicted octanol–water partition coefficient (Wildman–Crippen LogP) is 5.03. The highest BCUT2D eigenvalue weighted by Gasteiger charge is 2.34. The monoisotopic (exact) mass is 543 g/mol. The van der Waals surface area contributed by atoms with Crippen LogP contribution in [-0.2, 0) is 25.5 Å². The summed E-state index contributed by atoms with van der Waals surface area (Å²) >= 11 is 8.30. The van der Waals surface area contributed by atoms with Gasteiger partial charge in [0.25, 0.3) is 0 Å². The third-order valence-corrected chi connectivity index (χ3v) is 6.46. The SMILES string of the molecule is O=C(I)CCOCCOC(=O)Cc1ccccc1NC1C(Cl)=CC=CC1C1CCC1. The van der Waals surface area contributed by atoms with Crippen molar-refractivity contribution in [2.45, 2.75) is 38.1 Å². The summed E-state index contributed by atoms with van der Waals surface area (Å²) in [6.45, 7) is 0.807. The predicted molar refractivity (Wildman–Crippen MR) is 127 cm³/mol. The molecule has 0 aromatic heterocycles. The van der Waals surface area contributed by atoms with Gasteiger partial charge < -0.3 is 14.8 Å². The molecule has 0 aliphatic heterocycles. The third kappa shape index (κ3) is 6.82. The van der Waals surface area contributed by atoms with Gasteiger partial charge in [0.15, 0.2) is 3.79 Å². The van der Waals surface area contributed by atoms with Crippen molar-refractivity contribution in [1.29, 1.82) is 0 Å². The van der Waals surface area contributed by atoms with Crippen LogP contribution < -0.4 is 5.32 Å². The number of allylic oxidation sites excluding steroid dienone is 2. The first kappa shape index (κ1) is 23.3. The Bertz CT molecular complexity index is 806. The van der Waals surface area contributed by atoms with Gasteiger partial charge in [-0.25, -0.2) is 0 Å². The zero-order valence-electron chi connectivity index (χ0n) is 16.8. The normalized spacial score (nSPS) is 20.9. The number of anilines is 1. The lowest BCUT2D eigenvalue weighted by atomic mass is 9.71. The summed E-state index contributed by atoms with van der Waals surface area (Å²) in [6, 6.07) is 7.80. The summed E-state index contributed by atoms with van der Waals surface area (Å²) < 4.78 is 10.6. The van der Waals surface area contributed by atoms with Crippen molar-refractivity contribution in [3.05, 3.63) is 53.1 Å². The maximum absolute atomic E-state index is 12.3. The number of esters is 1. The molecule has 2 unspecified atom stereocenters. The van der Waals surface area contributed by atoms with E-state index in [0.29, 0.717) is 24.9 Å². The van der Waals surface area contributed by atoms with Crippen molar-refractivity contribution >= 4 is 49.6 Å². The largest absolute Gasteiger partial charge is 0.463 e. The van der Waals surface area contributed by atoms with E-state index in [1.54, 1.807) is 22.6 Å². The van der Waals surface area contributed by atoms with Crippen molar-refractivity contribution in [1.82, 2.24) is 0 Å². The number of nitrogens with one attached hydrogen (secondary N) is 1. The van der Waals surface area contributed by atoms with Crippen molar-refractivity contribution in [2.75, 3.05) is 25.1 Å². The lowest BCUT2D eigenvalue weighted by Crippen LogP contribution is -2.37. The highest BCUT2D eigenvalue weighted by molar-refractivity contribution is 14.1. The zero-order valence-corrected chi connectivity index (χ0v) is 19.7. The summed E-state index contributed by atoms with van der Waals surface area (Å²) in [4.78, 5) is 23.1. The van der Waals surface area contributed by atoms with E-state index in [4.69, 9.17) is 21.1 Å². The van der Waals surface area contributed by atoms with Gasteiger partial charge in [-0.1, -0.05) is 48.4 Å². The van der Waals surface area contributed by atoms with Crippen LogP contribution in [0.1, 0.15) is 31.2 Å². The average Bonchev–Trinajstić information content (AvgIpc) is 2.67.